The van der Waals surface area contributed by atoms with Gasteiger partial charge < -0.3 is 19.5 Å². The van der Waals surface area contributed by atoms with Gasteiger partial charge in [0.15, 0.2) is 6.61 Å². The van der Waals surface area contributed by atoms with Crippen LogP contribution in [0.3, 0.4) is 0 Å². The Balaban J connectivity index is 1.42. The average Bonchev–Trinajstić information content (AvgIpc) is 3.51. The fourth-order valence-electron chi connectivity index (χ4n) is 5.65. The highest BCUT2D eigenvalue weighted by Crippen LogP contribution is 2.49. The highest BCUT2D eigenvalue weighted by Gasteiger charge is 2.42. The molecule has 2 fully saturated rings. The maximum absolute atomic E-state index is 13.1. The number of ether oxygens (including phenoxy) is 3. The molecular weight excluding hydrogens is 532 g/mol. The van der Waals surface area contributed by atoms with E-state index in [9.17, 15) is 18.0 Å². The molecule has 38 heavy (non-hydrogen) atoms. The zero-order chi connectivity index (χ0) is 27.6. The first-order chi connectivity index (χ1) is 18.0. The summed E-state index contributed by atoms with van der Waals surface area (Å²) in [4.78, 5) is 25.1. The lowest BCUT2D eigenvalue weighted by atomic mass is 9.84. The number of anilines is 1. The van der Waals surface area contributed by atoms with Gasteiger partial charge in [-0.1, -0.05) is 24.1 Å². The van der Waals surface area contributed by atoms with Crippen molar-refractivity contribution in [1.29, 1.82) is 0 Å². The van der Waals surface area contributed by atoms with Crippen LogP contribution in [0.4, 0.5) is 5.69 Å². The monoisotopic (exact) mass is 564 g/mol. The number of rotatable bonds is 10. The average molecular weight is 565 g/mol. The van der Waals surface area contributed by atoms with Gasteiger partial charge in [0.1, 0.15) is 11.5 Å². The van der Waals surface area contributed by atoms with Crippen molar-refractivity contribution in [3.8, 4) is 11.5 Å². The van der Waals surface area contributed by atoms with E-state index in [1.807, 2.05) is 6.92 Å². The molecule has 2 bridgehead atoms. The molecule has 206 valence electrons. The topological polar surface area (TPSA) is 120 Å². The number of esters is 1. The summed E-state index contributed by atoms with van der Waals surface area (Å²) in [5.41, 5.74) is 0.653. The van der Waals surface area contributed by atoms with Gasteiger partial charge in [0.05, 0.1) is 35.4 Å². The summed E-state index contributed by atoms with van der Waals surface area (Å²) in [7, 11) is -1.32. The van der Waals surface area contributed by atoms with Crippen LogP contribution in [0.25, 0.3) is 0 Å². The standard InChI is InChI=1S/C27H33ClN2O7S/c1-15-5-8-19(38(33,34)30-23-12-22(28)24(35-3)13-25(23)36-4)11-20(15)27(32)37-14-26(31)29-16(2)21-10-17-6-7-18(21)9-17/h5,8,11-13,16-18,21,30H,6-7,9-10,14H2,1-4H3,(H,29,31)/t16-,17+,18-,21+/m0/s1. The van der Waals surface area contributed by atoms with Crippen molar-refractivity contribution >= 4 is 39.2 Å². The fourth-order valence-corrected chi connectivity index (χ4v) is 6.98. The predicted molar refractivity (Wildman–Crippen MR) is 143 cm³/mol. The zero-order valence-electron chi connectivity index (χ0n) is 21.9. The molecule has 2 aromatic carbocycles. The number of halogens is 1. The summed E-state index contributed by atoms with van der Waals surface area (Å²) in [6.07, 6.45) is 4.88. The van der Waals surface area contributed by atoms with Crippen molar-refractivity contribution in [2.24, 2.45) is 17.8 Å². The molecule has 2 aromatic rings. The van der Waals surface area contributed by atoms with Crippen LogP contribution in [0, 0.1) is 24.7 Å². The Morgan fingerprint density at radius 2 is 1.82 bits per heavy atom. The number of carbonyl (C=O) groups is 2. The minimum atomic E-state index is -4.13. The smallest absolute Gasteiger partial charge is 0.338 e. The van der Waals surface area contributed by atoms with E-state index >= 15 is 0 Å². The van der Waals surface area contributed by atoms with Crippen molar-refractivity contribution in [2.75, 3.05) is 25.5 Å². The predicted octanol–water partition coefficient (Wildman–Crippen LogP) is 4.56. The molecule has 1 amide bonds. The molecule has 2 N–H and O–H groups in total. The Labute approximate surface area is 228 Å². The Hall–Kier alpha value is -2.98. The normalized spacial score (nSPS) is 21.0. The van der Waals surface area contributed by atoms with Gasteiger partial charge in [-0.2, -0.15) is 0 Å². The Morgan fingerprint density at radius 3 is 2.45 bits per heavy atom. The molecule has 0 spiro atoms. The van der Waals surface area contributed by atoms with Crippen LogP contribution in [-0.4, -0.2) is 47.2 Å². The fraction of sp³-hybridized carbons (Fsp3) is 0.481. The number of methoxy groups -OCH3 is 2. The van der Waals surface area contributed by atoms with Crippen molar-refractivity contribution in [3.05, 3.63) is 46.5 Å². The van der Waals surface area contributed by atoms with Gasteiger partial charge in [0, 0.05) is 12.1 Å². The molecule has 4 atom stereocenters. The third-order valence-corrected chi connectivity index (χ3v) is 9.27. The number of amides is 1. The number of sulfonamides is 1. The van der Waals surface area contributed by atoms with Gasteiger partial charge in [-0.05, 0) is 74.6 Å². The lowest BCUT2D eigenvalue weighted by Gasteiger charge is -2.28. The first-order valence-corrected chi connectivity index (χ1v) is 14.4. The summed E-state index contributed by atoms with van der Waals surface area (Å²) in [5, 5.41) is 3.15. The number of aryl methyl sites for hydroxylation is 1. The molecule has 0 radical (unpaired) electrons. The molecule has 0 aromatic heterocycles. The molecule has 2 aliphatic carbocycles. The van der Waals surface area contributed by atoms with Crippen LogP contribution in [0.2, 0.25) is 5.02 Å². The quantitative estimate of drug-likeness (QED) is 0.406. The van der Waals surface area contributed by atoms with E-state index in [0.717, 1.165) is 12.3 Å². The van der Waals surface area contributed by atoms with E-state index in [-0.39, 0.29) is 38.9 Å². The highest BCUT2D eigenvalue weighted by atomic mass is 35.5. The van der Waals surface area contributed by atoms with Gasteiger partial charge in [-0.15, -0.1) is 0 Å². The molecule has 4 rings (SSSR count). The summed E-state index contributed by atoms with van der Waals surface area (Å²) >= 11 is 6.16. The molecule has 0 saturated heterocycles. The minimum Gasteiger partial charge on any atom is -0.495 e. The molecular formula is C27H33ClN2O7S. The summed E-state index contributed by atoms with van der Waals surface area (Å²) < 4.78 is 44.3. The van der Waals surface area contributed by atoms with Crippen LogP contribution in [0.1, 0.15) is 48.5 Å². The second kappa shape index (κ2) is 11.4. The maximum atomic E-state index is 13.1. The van der Waals surface area contributed by atoms with Crippen molar-refractivity contribution in [2.45, 2.75) is 50.5 Å². The number of hydrogen-bond donors (Lipinski definition) is 2. The Kier molecular flexibility index (Phi) is 8.42. The summed E-state index contributed by atoms with van der Waals surface area (Å²) in [6, 6.07) is 6.93. The van der Waals surface area contributed by atoms with Gasteiger partial charge in [0.2, 0.25) is 0 Å². The molecule has 2 aliphatic rings. The Morgan fingerprint density at radius 1 is 1.08 bits per heavy atom. The number of nitrogens with one attached hydrogen (secondary N) is 2. The molecule has 2 saturated carbocycles. The van der Waals surface area contributed by atoms with Gasteiger partial charge in [-0.3, -0.25) is 9.52 Å². The number of hydrogen-bond acceptors (Lipinski definition) is 7. The first-order valence-electron chi connectivity index (χ1n) is 12.5. The van der Waals surface area contributed by atoms with Crippen LogP contribution in [0.15, 0.2) is 35.2 Å². The van der Waals surface area contributed by atoms with E-state index < -0.39 is 22.6 Å². The molecule has 0 unspecified atom stereocenters. The van der Waals surface area contributed by atoms with Crippen LogP contribution in [-0.2, 0) is 19.6 Å². The lowest BCUT2D eigenvalue weighted by Crippen LogP contribution is -2.42. The van der Waals surface area contributed by atoms with E-state index in [4.69, 9.17) is 25.8 Å². The van der Waals surface area contributed by atoms with Crippen molar-refractivity contribution in [1.82, 2.24) is 5.32 Å². The number of fused-ring (bicyclic) bond motifs is 2. The second-order valence-electron chi connectivity index (χ2n) is 10.0. The largest absolute Gasteiger partial charge is 0.495 e. The maximum Gasteiger partial charge on any atom is 0.338 e. The van der Waals surface area contributed by atoms with Gasteiger partial charge in [-0.25, -0.2) is 13.2 Å². The molecule has 0 heterocycles. The van der Waals surface area contributed by atoms with Gasteiger partial charge >= 0.3 is 5.97 Å². The van der Waals surface area contributed by atoms with Crippen LogP contribution < -0.4 is 19.5 Å². The highest BCUT2D eigenvalue weighted by molar-refractivity contribution is 7.92. The first kappa shape index (κ1) is 28.0. The second-order valence-corrected chi connectivity index (χ2v) is 12.1. The van der Waals surface area contributed by atoms with Crippen LogP contribution >= 0.6 is 11.6 Å². The van der Waals surface area contributed by atoms with E-state index in [1.165, 1.54) is 63.8 Å². The summed E-state index contributed by atoms with van der Waals surface area (Å²) in [5.74, 6) is 1.25. The molecule has 11 heteroatoms. The molecule has 9 nitrogen and oxygen atoms in total. The van der Waals surface area contributed by atoms with E-state index in [2.05, 4.69) is 10.0 Å². The van der Waals surface area contributed by atoms with E-state index in [1.54, 1.807) is 6.92 Å². The number of benzene rings is 2. The molecule has 0 aliphatic heterocycles. The summed E-state index contributed by atoms with van der Waals surface area (Å²) in [6.45, 7) is 3.21. The van der Waals surface area contributed by atoms with E-state index in [0.29, 0.717) is 23.1 Å². The van der Waals surface area contributed by atoms with Crippen molar-refractivity contribution < 1.29 is 32.2 Å². The third-order valence-electron chi connectivity index (χ3n) is 7.62. The van der Waals surface area contributed by atoms with Crippen molar-refractivity contribution in [3.63, 3.8) is 0 Å². The SMILES string of the molecule is COc1cc(OC)c(NS(=O)(=O)c2ccc(C)c(C(=O)OCC(=O)N[C@@H](C)[C@H]3C[C@@H]4CC[C@H]3C4)c2)cc1Cl. The Bertz CT molecular complexity index is 1330. The third kappa shape index (κ3) is 6.02. The van der Waals surface area contributed by atoms with Gasteiger partial charge in [0.25, 0.3) is 15.9 Å². The van der Waals surface area contributed by atoms with Crippen LogP contribution in [0.5, 0.6) is 11.5 Å². The lowest BCUT2D eigenvalue weighted by molar-refractivity contribution is -0.125. The number of carbonyl (C=O) groups excluding carboxylic acids is 2. The minimum absolute atomic E-state index is 0.0150. The zero-order valence-corrected chi connectivity index (χ0v) is 23.4.